The standard InChI is InChI=1S/C36H34O7S2/c1-3-35(37)42-31(25-44-33-11-7-5-8-12-33)23-39-27-15-19-29(20-16-27)41-30-21-17-28(18-22-30)40-24-32(43-36(38)4-2)26-45-34-13-9-6-10-14-34/h3-22,31-32H,1-2,23-26H2. The minimum atomic E-state index is -0.490. The number of hydrogen-bond acceptors (Lipinski definition) is 9. The first-order chi connectivity index (χ1) is 22.0. The molecule has 2 atom stereocenters. The fourth-order valence-corrected chi connectivity index (χ4v) is 5.58. The van der Waals surface area contributed by atoms with Gasteiger partial charge in [-0.1, -0.05) is 49.6 Å². The lowest BCUT2D eigenvalue weighted by Gasteiger charge is -2.18. The molecule has 45 heavy (non-hydrogen) atoms. The summed E-state index contributed by atoms with van der Waals surface area (Å²) in [7, 11) is 0. The Morgan fingerprint density at radius 2 is 0.911 bits per heavy atom. The number of hydrogen-bond donors (Lipinski definition) is 0. The summed E-state index contributed by atoms with van der Waals surface area (Å²) in [6, 6.07) is 34.1. The average Bonchev–Trinajstić information content (AvgIpc) is 3.09. The van der Waals surface area contributed by atoms with Crippen LogP contribution in [-0.2, 0) is 19.1 Å². The van der Waals surface area contributed by atoms with Crippen LogP contribution in [0.4, 0.5) is 0 Å². The first kappa shape index (κ1) is 33.3. The number of esters is 2. The monoisotopic (exact) mass is 642 g/mol. The van der Waals surface area contributed by atoms with E-state index in [9.17, 15) is 9.59 Å². The van der Waals surface area contributed by atoms with Crippen LogP contribution in [0.25, 0.3) is 0 Å². The molecule has 0 aliphatic heterocycles. The summed E-state index contributed by atoms with van der Waals surface area (Å²) in [6.45, 7) is 7.35. The molecular formula is C36H34O7S2. The van der Waals surface area contributed by atoms with Crippen LogP contribution in [0.1, 0.15) is 0 Å². The lowest BCUT2D eigenvalue weighted by atomic mass is 10.3. The molecule has 0 bridgehead atoms. The van der Waals surface area contributed by atoms with Gasteiger partial charge in [0.2, 0.25) is 0 Å². The highest BCUT2D eigenvalue weighted by molar-refractivity contribution is 7.99. The van der Waals surface area contributed by atoms with Crippen LogP contribution in [0, 0.1) is 0 Å². The highest BCUT2D eigenvalue weighted by atomic mass is 32.2. The van der Waals surface area contributed by atoms with Crippen molar-refractivity contribution < 1.29 is 33.3 Å². The molecule has 0 saturated heterocycles. The lowest BCUT2D eigenvalue weighted by molar-refractivity contribution is -0.144. The molecule has 0 aliphatic rings. The van der Waals surface area contributed by atoms with Crippen molar-refractivity contribution in [2.45, 2.75) is 22.0 Å². The fraction of sp³-hybridized carbons (Fsp3) is 0.167. The van der Waals surface area contributed by atoms with Gasteiger partial charge in [0.15, 0.2) is 0 Å². The molecule has 0 fully saturated rings. The summed E-state index contributed by atoms with van der Waals surface area (Å²) in [4.78, 5) is 25.8. The minimum absolute atomic E-state index is 0.194. The number of carbonyl (C=O) groups is 2. The van der Waals surface area contributed by atoms with Crippen molar-refractivity contribution in [2.75, 3.05) is 24.7 Å². The first-order valence-corrected chi connectivity index (χ1v) is 16.1. The van der Waals surface area contributed by atoms with E-state index >= 15 is 0 Å². The van der Waals surface area contributed by atoms with Crippen molar-refractivity contribution in [3.8, 4) is 23.0 Å². The molecule has 0 radical (unpaired) electrons. The predicted molar refractivity (Wildman–Crippen MR) is 178 cm³/mol. The molecule has 232 valence electrons. The van der Waals surface area contributed by atoms with Gasteiger partial charge >= 0.3 is 11.9 Å². The zero-order chi connectivity index (χ0) is 31.7. The van der Waals surface area contributed by atoms with Gasteiger partial charge in [-0.3, -0.25) is 0 Å². The van der Waals surface area contributed by atoms with E-state index in [1.165, 1.54) is 0 Å². The van der Waals surface area contributed by atoms with Gasteiger partial charge in [0.1, 0.15) is 48.4 Å². The molecule has 9 heteroatoms. The summed E-state index contributed by atoms with van der Waals surface area (Å²) in [5.74, 6) is 2.58. The molecule has 7 nitrogen and oxygen atoms in total. The van der Waals surface area contributed by atoms with E-state index in [2.05, 4.69) is 13.2 Å². The third-order valence-electron chi connectivity index (χ3n) is 6.01. The molecule has 0 saturated carbocycles. The van der Waals surface area contributed by atoms with Crippen LogP contribution in [0.5, 0.6) is 23.0 Å². The van der Waals surface area contributed by atoms with Gasteiger partial charge in [-0.15, -0.1) is 23.5 Å². The van der Waals surface area contributed by atoms with Crippen LogP contribution in [0.3, 0.4) is 0 Å². The maximum absolute atomic E-state index is 11.8. The van der Waals surface area contributed by atoms with Gasteiger partial charge in [-0.25, -0.2) is 9.59 Å². The first-order valence-electron chi connectivity index (χ1n) is 14.2. The van der Waals surface area contributed by atoms with Crippen LogP contribution in [-0.4, -0.2) is 48.9 Å². The normalized spacial score (nSPS) is 11.8. The number of rotatable bonds is 18. The van der Waals surface area contributed by atoms with E-state index in [1.54, 1.807) is 72.1 Å². The van der Waals surface area contributed by atoms with E-state index in [0.717, 1.165) is 21.9 Å². The summed E-state index contributed by atoms with van der Waals surface area (Å²) in [5.41, 5.74) is 0. The largest absolute Gasteiger partial charge is 0.490 e. The average molecular weight is 643 g/mol. The molecule has 4 rings (SSSR count). The number of ether oxygens (including phenoxy) is 5. The summed E-state index contributed by atoms with van der Waals surface area (Å²) in [5, 5.41) is 0. The Morgan fingerprint density at radius 1 is 0.556 bits per heavy atom. The highest BCUT2D eigenvalue weighted by Gasteiger charge is 2.16. The molecule has 0 N–H and O–H groups in total. The van der Waals surface area contributed by atoms with Crippen molar-refractivity contribution in [1.29, 1.82) is 0 Å². The maximum Gasteiger partial charge on any atom is 0.330 e. The molecule has 4 aromatic rings. The molecule has 4 aromatic carbocycles. The second-order valence-corrected chi connectivity index (χ2v) is 11.6. The Kier molecular flexibility index (Phi) is 13.5. The van der Waals surface area contributed by atoms with E-state index < -0.39 is 24.1 Å². The van der Waals surface area contributed by atoms with E-state index in [-0.39, 0.29) is 13.2 Å². The molecular weight excluding hydrogens is 609 g/mol. The summed E-state index contributed by atoms with van der Waals surface area (Å²) < 4.78 is 28.7. The van der Waals surface area contributed by atoms with Gasteiger partial charge in [0.25, 0.3) is 0 Å². The Morgan fingerprint density at radius 3 is 1.27 bits per heavy atom. The topological polar surface area (TPSA) is 80.3 Å². The van der Waals surface area contributed by atoms with Crippen molar-refractivity contribution in [2.24, 2.45) is 0 Å². The predicted octanol–water partition coefficient (Wildman–Crippen LogP) is 8.02. The minimum Gasteiger partial charge on any atom is -0.490 e. The fourth-order valence-electron chi connectivity index (χ4n) is 3.79. The third kappa shape index (κ3) is 12.1. The number of carbonyl (C=O) groups excluding carboxylic acids is 2. The Balaban J connectivity index is 1.25. The Bertz CT molecular complexity index is 1380. The smallest absolute Gasteiger partial charge is 0.330 e. The van der Waals surface area contributed by atoms with Gasteiger partial charge in [-0.2, -0.15) is 0 Å². The molecule has 0 heterocycles. The molecule has 0 spiro atoms. The zero-order valence-electron chi connectivity index (χ0n) is 24.6. The van der Waals surface area contributed by atoms with Crippen molar-refractivity contribution in [3.63, 3.8) is 0 Å². The zero-order valence-corrected chi connectivity index (χ0v) is 26.3. The quantitative estimate of drug-likeness (QED) is 0.0609. The number of thioether (sulfide) groups is 2. The van der Waals surface area contributed by atoms with Crippen molar-refractivity contribution >= 4 is 35.5 Å². The van der Waals surface area contributed by atoms with E-state index in [0.29, 0.717) is 34.5 Å². The highest BCUT2D eigenvalue weighted by Crippen LogP contribution is 2.27. The van der Waals surface area contributed by atoms with Crippen LogP contribution < -0.4 is 14.2 Å². The molecule has 0 amide bonds. The van der Waals surface area contributed by atoms with Gasteiger partial charge in [-0.05, 0) is 72.8 Å². The van der Waals surface area contributed by atoms with Gasteiger partial charge in [0.05, 0.1) is 0 Å². The lowest BCUT2D eigenvalue weighted by Crippen LogP contribution is -2.26. The third-order valence-corrected chi connectivity index (χ3v) is 8.30. The Hall–Kier alpha value is -4.60. The van der Waals surface area contributed by atoms with Gasteiger partial charge in [0, 0.05) is 33.4 Å². The molecule has 0 aliphatic carbocycles. The van der Waals surface area contributed by atoms with Crippen molar-refractivity contribution in [1.82, 2.24) is 0 Å². The van der Waals surface area contributed by atoms with Crippen LogP contribution in [0.2, 0.25) is 0 Å². The van der Waals surface area contributed by atoms with Crippen LogP contribution >= 0.6 is 23.5 Å². The second-order valence-electron chi connectivity index (χ2n) is 9.44. The van der Waals surface area contributed by atoms with E-state index in [1.807, 2.05) is 60.7 Å². The van der Waals surface area contributed by atoms with E-state index in [4.69, 9.17) is 23.7 Å². The molecule has 0 aromatic heterocycles. The summed E-state index contributed by atoms with van der Waals surface area (Å²) >= 11 is 3.17. The SMILES string of the molecule is C=CC(=O)OC(COc1ccc(Oc2ccc(OCC(CSc3ccccc3)OC(=O)C=C)cc2)cc1)CSc1ccccc1. The summed E-state index contributed by atoms with van der Waals surface area (Å²) in [6.07, 6.45) is 1.39. The van der Waals surface area contributed by atoms with Crippen LogP contribution in [0.15, 0.2) is 144 Å². The second kappa shape index (κ2) is 18.3. The van der Waals surface area contributed by atoms with Gasteiger partial charge < -0.3 is 23.7 Å². The molecule has 2 unspecified atom stereocenters. The maximum atomic E-state index is 11.8. The Labute approximate surface area is 272 Å². The van der Waals surface area contributed by atoms with Crippen molar-refractivity contribution in [3.05, 3.63) is 135 Å². The number of benzene rings is 4.